The minimum Gasteiger partial charge on any atom is -0.463 e. The van der Waals surface area contributed by atoms with E-state index in [1.807, 2.05) is 0 Å². The summed E-state index contributed by atoms with van der Waals surface area (Å²) in [5.41, 5.74) is 0. The maximum atomic E-state index is 13.0. The molecule has 0 aromatic rings. The Morgan fingerprint density at radius 1 is 0.185 bits per heavy atom. The van der Waals surface area contributed by atoms with Gasteiger partial charge in [0, 0.05) is 51.4 Å². The minimum atomic E-state index is -0.206. The molecule has 788 valence electrons. The largest absolute Gasteiger partial charge is 0.463 e. The monoisotopic (exact) mass is 1910 g/mol. The molecule has 18 heteroatoms. The average Bonchev–Trinajstić information content (AvgIpc) is 1.03. The Morgan fingerprint density at radius 3 is 0.652 bits per heavy atom. The third kappa shape index (κ3) is 102. The molecule has 0 heterocycles. The van der Waals surface area contributed by atoms with E-state index in [4.69, 9.17) is 47.4 Å². The summed E-state index contributed by atoms with van der Waals surface area (Å²) < 4.78 is 57.3. The summed E-state index contributed by atoms with van der Waals surface area (Å²) in [4.78, 5) is 76.3. The number of unbranched alkanes of at least 4 members (excludes halogenated alkanes) is 45. The molecular weight excluding hydrogens is 1690 g/mol. The normalized spacial score (nSPS) is 13.3. The molecule has 2 N–H and O–H groups in total. The highest BCUT2D eigenvalue weighted by Gasteiger charge is 2.19. The third-order valence-electron chi connectivity index (χ3n) is 25.3. The molecule has 0 aromatic carbocycles. The summed E-state index contributed by atoms with van der Waals surface area (Å²) in [5, 5.41) is 20.2. The average molecular weight is 1910 g/mol. The van der Waals surface area contributed by atoms with Crippen molar-refractivity contribution in [3.8, 4) is 0 Å². The first-order chi connectivity index (χ1) is 66.3. The molecule has 0 aliphatic carbocycles. The lowest BCUT2D eigenvalue weighted by Crippen LogP contribution is -2.18. The zero-order valence-electron chi connectivity index (χ0n) is 88.3. The molecule has 0 amide bonds. The van der Waals surface area contributed by atoms with Gasteiger partial charge in [0.25, 0.3) is 0 Å². The minimum absolute atomic E-state index is 0.00112. The lowest BCUT2D eigenvalue weighted by atomic mass is 10.0. The molecule has 0 fully saturated rings. The van der Waals surface area contributed by atoms with Crippen molar-refractivity contribution >= 4 is 35.8 Å². The second-order valence-corrected chi connectivity index (χ2v) is 38.4. The zero-order valence-corrected chi connectivity index (χ0v) is 88.3. The second-order valence-electron chi connectivity index (χ2n) is 38.4. The predicted octanol–water partition coefficient (Wildman–Crippen LogP) is 32.0. The standard InChI is InChI=1S/C117H212O18/c1-7-13-19-64-82-108(132-116(124)94-76-58-46-34-29-40-52-70-88-110(84-66-21-15-9-3)133-114(122)92-74-56-44-31-26-36-48-62-80-106(118)78-60-17-11-5)86-68-50-38-24-23-25-42-54-72-90-112(120)130-104-102-128-100-98-126-96-97-127-99-101-129-103-105-131-113(121)91-73-55-43-33-28-39-51-69-87-109(83-65-20-14-8-2)135-117(125)95-77-59-47-35-30-41-53-71-89-111(85-67-22-16-10-4)134-115(123)93-75-57-45-32-27-37-49-63-81-107(119)79-61-18-12-6/h38,40,48-53,62-63,69,71,106-111,118-119H,7-37,39,41-47,54-61,64-68,70,72-105H2,1-6H3/b50-38-,52-40-,62-48-,63-49-,69-51-,71-53-. The Morgan fingerprint density at radius 2 is 0.378 bits per heavy atom. The highest BCUT2D eigenvalue weighted by atomic mass is 16.6. The Bertz CT molecular complexity index is 2740. The maximum Gasteiger partial charge on any atom is 0.306 e. The van der Waals surface area contributed by atoms with E-state index < -0.39 is 0 Å². The molecule has 0 aliphatic rings. The molecule has 18 nitrogen and oxygen atoms in total. The second kappa shape index (κ2) is 108. The van der Waals surface area contributed by atoms with Crippen LogP contribution in [0, 0.1) is 0 Å². The molecule has 0 saturated heterocycles. The van der Waals surface area contributed by atoms with Gasteiger partial charge in [-0.15, -0.1) is 0 Å². The van der Waals surface area contributed by atoms with Crippen molar-refractivity contribution in [2.75, 3.05) is 66.1 Å². The number of hydrogen-bond donors (Lipinski definition) is 2. The lowest BCUT2D eigenvalue weighted by molar-refractivity contribution is -0.150. The first-order valence-corrected chi connectivity index (χ1v) is 57.0. The van der Waals surface area contributed by atoms with Gasteiger partial charge in [-0.2, -0.15) is 0 Å². The van der Waals surface area contributed by atoms with E-state index in [9.17, 15) is 39.0 Å². The number of aliphatic hydroxyl groups is 2. The molecule has 135 heavy (non-hydrogen) atoms. The summed E-state index contributed by atoms with van der Waals surface area (Å²) in [5.74, 6) is -0.592. The van der Waals surface area contributed by atoms with Gasteiger partial charge in [0.05, 0.1) is 65.1 Å². The maximum absolute atomic E-state index is 13.0. The molecule has 0 rings (SSSR count). The van der Waals surface area contributed by atoms with Crippen molar-refractivity contribution in [3.63, 3.8) is 0 Å². The van der Waals surface area contributed by atoms with Crippen LogP contribution in [-0.2, 0) is 76.1 Å². The van der Waals surface area contributed by atoms with Crippen molar-refractivity contribution in [3.05, 3.63) is 72.9 Å². The van der Waals surface area contributed by atoms with E-state index in [0.29, 0.717) is 91.4 Å². The first kappa shape index (κ1) is 130. The first-order valence-electron chi connectivity index (χ1n) is 57.0. The summed E-state index contributed by atoms with van der Waals surface area (Å²) in [6.45, 7) is 16.9. The number of aliphatic hydroxyl groups excluding tert-OH is 2. The molecule has 6 unspecified atom stereocenters. The quantitative estimate of drug-likeness (QED) is 0.0249. The Kier molecular flexibility index (Phi) is 104. The van der Waals surface area contributed by atoms with Gasteiger partial charge in [-0.3, -0.25) is 28.8 Å². The van der Waals surface area contributed by atoms with Crippen molar-refractivity contribution in [2.24, 2.45) is 0 Å². The van der Waals surface area contributed by atoms with Crippen LogP contribution in [0.3, 0.4) is 0 Å². The highest BCUT2D eigenvalue weighted by molar-refractivity contribution is 5.71. The highest BCUT2D eigenvalue weighted by Crippen LogP contribution is 2.24. The van der Waals surface area contributed by atoms with Gasteiger partial charge in [-0.1, -0.05) is 339 Å². The molecular formula is C117H212O18. The van der Waals surface area contributed by atoms with Crippen molar-refractivity contribution < 1.29 is 86.3 Å². The van der Waals surface area contributed by atoms with Gasteiger partial charge in [-0.25, -0.2) is 0 Å². The van der Waals surface area contributed by atoms with E-state index in [0.717, 1.165) is 340 Å². The van der Waals surface area contributed by atoms with Crippen LogP contribution in [0.4, 0.5) is 0 Å². The lowest BCUT2D eigenvalue weighted by Gasteiger charge is -2.17. The van der Waals surface area contributed by atoms with Crippen LogP contribution >= 0.6 is 0 Å². The molecule has 0 aromatic heterocycles. The molecule has 0 aliphatic heterocycles. The van der Waals surface area contributed by atoms with E-state index >= 15 is 0 Å². The zero-order chi connectivity index (χ0) is 98.0. The SMILES string of the molecule is CCCCCCC(C/C=C\CCCCCCCC(=O)OCCOCCOCCOCCOCCOC(=O)CCCCCCC/C=C\CCC(CCCCCC)OC(=O)CCCCCC/C=C\CCC(CCCCCC)OC(=O)CCCCCCC/C=C\CC(O)CCCCC)OC(=O)CCCCCCC/C=C\CC(CCCCCC)OC(=O)CCCCCCC/C=C\CC(O)CCCCC. The van der Waals surface area contributed by atoms with Gasteiger partial charge < -0.3 is 57.6 Å². The van der Waals surface area contributed by atoms with E-state index in [2.05, 4.69) is 114 Å². The molecule has 6 atom stereocenters. The molecule has 0 spiro atoms. The van der Waals surface area contributed by atoms with Gasteiger partial charge >= 0.3 is 35.8 Å². The summed E-state index contributed by atoms with van der Waals surface area (Å²) in [6.07, 6.45) is 103. The van der Waals surface area contributed by atoms with E-state index in [1.165, 1.54) is 116 Å². The van der Waals surface area contributed by atoms with Crippen molar-refractivity contribution in [1.82, 2.24) is 0 Å². The van der Waals surface area contributed by atoms with Crippen LogP contribution in [0.15, 0.2) is 72.9 Å². The van der Waals surface area contributed by atoms with Crippen LogP contribution < -0.4 is 0 Å². The van der Waals surface area contributed by atoms with Crippen LogP contribution in [0.1, 0.15) is 536 Å². The van der Waals surface area contributed by atoms with Crippen LogP contribution in [0.25, 0.3) is 0 Å². The van der Waals surface area contributed by atoms with Gasteiger partial charge in [0.2, 0.25) is 0 Å². The summed E-state index contributed by atoms with van der Waals surface area (Å²) in [6, 6.07) is 0. The smallest absolute Gasteiger partial charge is 0.306 e. The van der Waals surface area contributed by atoms with Gasteiger partial charge in [0.1, 0.15) is 37.6 Å². The Labute approximate surface area is 829 Å². The van der Waals surface area contributed by atoms with Crippen LogP contribution in [0.2, 0.25) is 0 Å². The Balaban J connectivity index is 4.06. The number of hydrogen-bond acceptors (Lipinski definition) is 18. The fraction of sp³-hybridized carbons (Fsp3) is 0.846. The third-order valence-corrected chi connectivity index (χ3v) is 25.3. The molecule has 0 saturated carbocycles. The number of esters is 6. The van der Waals surface area contributed by atoms with E-state index in [1.54, 1.807) is 0 Å². The summed E-state index contributed by atoms with van der Waals surface area (Å²) >= 11 is 0. The van der Waals surface area contributed by atoms with E-state index in [-0.39, 0.29) is 85.7 Å². The van der Waals surface area contributed by atoms with Gasteiger partial charge in [0.15, 0.2) is 0 Å². The van der Waals surface area contributed by atoms with Crippen molar-refractivity contribution in [2.45, 2.75) is 573 Å². The number of rotatable bonds is 108. The van der Waals surface area contributed by atoms with Crippen LogP contribution in [-0.4, -0.2) is 149 Å². The molecule has 0 radical (unpaired) electrons. The van der Waals surface area contributed by atoms with Crippen LogP contribution in [0.5, 0.6) is 0 Å². The number of allylic oxidation sites excluding steroid dienone is 8. The van der Waals surface area contributed by atoms with Crippen molar-refractivity contribution in [1.29, 1.82) is 0 Å². The Hall–Kier alpha value is -4.98. The topological polar surface area (TPSA) is 235 Å². The fourth-order valence-electron chi connectivity index (χ4n) is 16.7. The van der Waals surface area contributed by atoms with Gasteiger partial charge in [-0.05, 0) is 218 Å². The number of carbonyl (C=O) groups is 6. The number of ether oxygens (including phenoxy) is 10. The molecule has 0 bridgehead atoms. The predicted molar refractivity (Wildman–Crippen MR) is 561 cm³/mol. The number of carbonyl (C=O) groups excluding carboxylic acids is 6. The summed E-state index contributed by atoms with van der Waals surface area (Å²) in [7, 11) is 0. The fourth-order valence-corrected chi connectivity index (χ4v) is 16.7.